The fourth-order valence-electron chi connectivity index (χ4n) is 3.91. The molecule has 4 heterocycles. The van der Waals surface area contributed by atoms with E-state index in [4.69, 9.17) is 0 Å². The summed E-state index contributed by atoms with van der Waals surface area (Å²) in [5.41, 5.74) is 1.51. The van der Waals surface area contributed by atoms with Crippen LogP contribution in [-0.2, 0) is 6.61 Å². The van der Waals surface area contributed by atoms with E-state index in [1.807, 2.05) is 24.5 Å². The van der Waals surface area contributed by atoms with Gasteiger partial charge in [-0.3, -0.25) is 0 Å². The molecule has 11 heteroatoms. The zero-order chi connectivity index (χ0) is 22.2. The van der Waals surface area contributed by atoms with Crippen LogP contribution in [0.2, 0.25) is 0 Å². The fourth-order valence-corrected chi connectivity index (χ4v) is 3.91. The monoisotopic (exact) mass is 435 g/mol. The number of piperidine rings is 1. The Kier molecular flexibility index (Phi) is 5.69. The third kappa shape index (κ3) is 4.41. The molecule has 8 nitrogen and oxygen atoms in total. The Bertz CT molecular complexity index is 1060. The van der Waals surface area contributed by atoms with Crippen molar-refractivity contribution in [3.63, 3.8) is 0 Å². The SMILES string of the molecule is CC(C)n1c(CO)nc2cnc(Nc3ccnc(N4CCC(C(F)(F)F)CC4)n3)cc21. The topological polar surface area (TPSA) is 92.0 Å². The van der Waals surface area contributed by atoms with Crippen LogP contribution in [-0.4, -0.2) is 48.9 Å². The van der Waals surface area contributed by atoms with Crippen molar-refractivity contribution in [2.75, 3.05) is 23.3 Å². The van der Waals surface area contributed by atoms with Crippen molar-refractivity contribution in [2.45, 2.75) is 45.5 Å². The summed E-state index contributed by atoms with van der Waals surface area (Å²) < 4.78 is 40.7. The number of nitrogens with one attached hydrogen (secondary N) is 1. The second kappa shape index (κ2) is 8.29. The summed E-state index contributed by atoms with van der Waals surface area (Å²) in [6, 6.07) is 3.61. The number of aromatic nitrogens is 5. The van der Waals surface area contributed by atoms with Crippen molar-refractivity contribution >= 4 is 28.6 Å². The quantitative estimate of drug-likeness (QED) is 0.630. The predicted octanol–water partition coefficient (Wildman–Crippen LogP) is 3.82. The normalized spacial score (nSPS) is 15.8. The molecule has 1 aliphatic heterocycles. The smallest absolute Gasteiger partial charge is 0.388 e. The Hall–Kier alpha value is -2.95. The van der Waals surface area contributed by atoms with Crippen molar-refractivity contribution in [2.24, 2.45) is 5.92 Å². The number of imidazole rings is 1. The second-order valence-electron chi connectivity index (χ2n) is 7.88. The van der Waals surface area contributed by atoms with E-state index in [1.54, 1.807) is 23.4 Å². The van der Waals surface area contributed by atoms with Gasteiger partial charge in [0, 0.05) is 31.4 Å². The Balaban J connectivity index is 1.53. The van der Waals surface area contributed by atoms with Gasteiger partial charge in [0.15, 0.2) is 0 Å². The van der Waals surface area contributed by atoms with E-state index in [0.717, 1.165) is 5.52 Å². The van der Waals surface area contributed by atoms with Gasteiger partial charge in [-0.15, -0.1) is 0 Å². The molecule has 3 aromatic heterocycles. The van der Waals surface area contributed by atoms with E-state index in [-0.39, 0.29) is 38.6 Å². The Morgan fingerprint density at radius 2 is 1.90 bits per heavy atom. The maximum Gasteiger partial charge on any atom is 0.391 e. The largest absolute Gasteiger partial charge is 0.391 e. The molecule has 0 aliphatic carbocycles. The van der Waals surface area contributed by atoms with Crippen molar-refractivity contribution in [3.8, 4) is 0 Å². The van der Waals surface area contributed by atoms with E-state index in [0.29, 0.717) is 28.9 Å². The van der Waals surface area contributed by atoms with Crippen LogP contribution >= 0.6 is 0 Å². The first-order chi connectivity index (χ1) is 14.8. The highest BCUT2D eigenvalue weighted by molar-refractivity contribution is 5.79. The number of anilines is 3. The van der Waals surface area contributed by atoms with Crippen LogP contribution in [0, 0.1) is 5.92 Å². The van der Waals surface area contributed by atoms with Gasteiger partial charge in [-0.05, 0) is 32.8 Å². The van der Waals surface area contributed by atoms with Crippen LogP contribution < -0.4 is 10.2 Å². The summed E-state index contributed by atoms with van der Waals surface area (Å²) >= 11 is 0. The maximum absolute atomic E-state index is 12.9. The minimum absolute atomic E-state index is 0.0368. The molecule has 4 rings (SSSR count). The third-order valence-electron chi connectivity index (χ3n) is 5.45. The molecule has 0 spiro atoms. The van der Waals surface area contributed by atoms with Gasteiger partial charge in [0.25, 0.3) is 0 Å². The fraction of sp³-hybridized carbons (Fsp3) is 0.500. The van der Waals surface area contributed by atoms with Crippen LogP contribution in [0.15, 0.2) is 24.5 Å². The maximum atomic E-state index is 12.9. The highest BCUT2D eigenvalue weighted by Gasteiger charge is 2.41. The number of halogens is 3. The number of pyridine rings is 1. The van der Waals surface area contributed by atoms with Crippen LogP contribution in [0.4, 0.5) is 30.8 Å². The van der Waals surface area contributed by atoms with E-state index >= 15 is 0 Å². The van der Waals surface area contributed by atoms with Crippen LogP contribution in [0.25, 0.3) is 11.0 Å². The van der Waals surface area contributed by atoms with Gasteiger partial charge < -0.3 is 19.9 Å². The molecule has 0 aromatic carbocycles. The molecule has 2 N–H and O–H groups in total. The van der Waals surface area contributed by atoms with Gasteiger partial charge in [-0.25, -0.2) is 15.0 Å². The first-order valence-corrected chi connectivity index (χ1v) is 10.2. The predicted molar refractivity (Wildman–Crippen MR) is 110 cm³/mol. The van der Waals surface area contributed by atoms with Gasteiger partial charge in [0.2, 0.25) is 5.95 Å². The number of aliphatic hydroxyl groups is 1. The number of nitrogens with zero attached hydrogens (tertiary/aromatic N) is 6. The summed E-state index contributed by atoms with van der Waals surface area (Å²) in [4.78, 5) is 19.2. The van der Waals surface area contributed by atoms with Crippen LogP contribution in [0.3, 0.4) is 0 Å². The summed E-state index contributed by atoms with van der Waals surface area (Å²) in [6.07, 6.45) is -0.885. The second-order valence-corrected chi connectivity index (χ2v) is 7.88. The number of fused-ring (bicyclic) bond motifs is 1. The highest BCUT2D eigenvalue weighted by Crippen LogP contribution is 2.35. The highest BCUT2D eigenvalue weighted by atomic mass is 19.4. The number of alkyl halides is 3. The van der Waals surface area contributed by atoms with Gasteiger partial charge >= 0.3 is 6.18 Å². The molecular weight excluding hydrogens is 411 g/mol. The zero-order valence-corrected chi connectivity index (χ0v) is 17.3. The van der Waals surface area contributed by atoms with Gasteiger partial charge in [-0.1, -0.05) is 0 Å². The number of aliphatic hydroxyl groups excluding tert-OH is 1. The molecule has 0 unspecified atom stereocenters. The molecular formula is C20H24F3N7O. The number of hydrogen-bond acceptors (Lipinski definition) is 7. The van der Waals surface area contributed by atoms with Crippen LogP contribution in [0.1, 0.15) is 38.6 Å². The summed E-state index contributed by atoms with van der Waals surface area (Å²) in [5.74, 6) is 0.722. The van der Waals surface area contributed by atoms with Crippen molar-refractivity contribution in [1.82, 2.24) is 24.5 Å². The molecule has 0 amide bonds. The molecule has 3 aromatic rings. The summed E-state index contributed by atoms with van der Waals surface area (Å²) in [5, 5.41) is 12.7. The molecule has 31 heavy (non-hydrogen) atoms. The van der Waals surface area contributed by atoms with Gasteiger partial charge in [0.05, 0.1) is 17.6 Å². The Morgan fingerprint density at radius 1 is 1.16 bits per heavy atom. The van der Waals surface area contributed by atoms with E-state index in [9.17, 15) is 18.3 Å². The van der Waals surface area contributed by atoms with Gasteiger partial charge in [-0.2, -0.15) is 18.2 Å². The molecule has 1 fully saturated rings. The molecule has 0 saturated carbocycles. The lowest BCUT2D eigenvalue weighted by Crippen LogP contribution is -2.39. The van der Waals surface area contributed by atoms with E-state index in [2.05, 4.69) is 25.3 Å². The lowest BCUT2D eigenvalue weighted by molar-refractivity contribution is -0.179. The van der Waals surface area contributed by atoms with Gasteiger partial charge in [0.1, 0.15) is 29.6 Å². The van der Waals surface area contributed by atoms with Crippen LogP contribution in [0.5, 0.6) is 0 Å². The van der Waals surface area contributed by atoms with E-state index < -0.39 is 12.1 Å². The minimum atomic E-state index is -4.15. The lowest BCUT2D eigenvalue weighted by Gasteiger charge is -2.32. The third-order valence-corrected chi connectivity index (χ3v) is 5.45. The number of hydrogen-bond donors (Lipinski definition) is 2. The lowest BCUT2D eigenvalue weighted by atomic mass is 9.96. The van der Waals surface area contributed by atoms with Crippen molar-refractivity contribution in [3.05, 3.63) is 30.4 Å². The molecule has 0 bridgehead atoms. The Morgan fingerprint density at radius 3 is 2.55 bits per heavy atom. The van der Waals surface area contributed by atoms with Crippen molar-refractivity contribution < 1.29 is 18.3 Å². The Labute approximate surface area is 177 Å². The summed E-state index contributed by atoms with van der Waals surface area (Å²) in [7, 11) is 0. The first kappa shape index (κ1) is 21.3. The molecule has 0 atom stereocenters. The average molecular weight is 435 g/mol. The van der Waals surface area contributed by atoms with Crippen molar-refractivity contribution in [1.29, 1.82) is 0 Å². The molecule has 166 valence electrons. The van der Waals surface area contributed by atoms with E-state index in [1.165, 1.54) is 0 Å². The zero-order valence-electron chi connectivity index (χ0n) is 17.3. The first-order valence-electron chi connectivity index (χ1n) is 10.2. The molecule has 1 aliphatic rings. The average Bonchev–Trinajstić information content (AvgIpc) is 3.11. The minimum Gasteiger partial charge on any atom is -0.388 e. The standard InChI is InChI=1S/C20H24F3N7O/c1-12(2)30-15-9-17(25-10-14(15)26-18(30)11-31)27-16-3-6-24-19(28-16)29-7-4-13(5-8-29)20(21,22)23/h3,6,9-10,12-13,31H,4-5,7-8,11H2,1-2H3,(H,24,25,27,28). The molecule has 1 saturated heterocycles. The number of rotatable bonds is 5. The molecule has 0 radical (unpaired) electrons. The summed E-state index contributed by atoms with van der Waals surface area (Å²) in [6.45, 7) is 4.36.